The lowest BCUT2D eigenvalue weighted by Crippen LogP contribution is -2.47. The molecule has 6 heteroatoms. The average Bonchev–Trinajstić information content (AvgIpc) is 3.14. The normalized spacial score (nSPS) is 20.3. The van der Waals surface area contributed by atoms with Gasteiger partial charge in [-0.1, -0.05) is 26.0 Å². The summed E-state index contributed by atoms with van der Waals surface area (Å²) >= 11 is 0. The number of amides is 2. The third-order valence-electron chi connectivity index (χ3n) is 6.60. The molecule has 3 rings (SSSR count). The van der Waals surface area contributed by atoms with Gasteiger partial charge < -0.3 is 15.1 Å². The van der Waals surface area contributed by atoms with E-state index in [0.29, 0.717) is 19.5 Å². The average molecular weight is 415 g/mol. The Labute approximate surface area is 181 Å². The Hall–Kier alpha value is -2.08. The first-order valence-electron chi connectivity index (χ1n) is 11.6. The van der Waals surface area contributed by atoms with Crippen LogP contribution in [0.1, 0.15) is 45.1 Å². The summed E-state index contributed by atoms with van der Waals surface area (Å²) in [4.78, 5) is 31.6. The van der Waals surface area contributed by atoms with Crippen molar-refractivity contribution in [2.45, 2.75) is 52.5 Å². The molecule has 6 nitrogen and oxygen atoms in total. The number of nitrogens with zero attached hydrogens (tertiary/aromatic N) is 3. The minimum atomic E-state index is -0.184. The minimum absolute atomic E-state index is 0.0427. The SMILES string of the molecule is CCC(CC)N1CC(C(=O)NCCCN2CCN(c3cccc(C)c3)CC2)CC1=O. The van der Waals surface area contributed by atoms with Crippen LogP contribution in [0.3, 0.4) is 0 Å². The van der Waals surface area contributed by atoms with Crippen LogP contribution in [0.25, 0.3) is 0 Å². The highest BCUT2D eigenvalue weighted by Crippen LogP contribution is 2.23. The van der Waals surface area contributed by atoms with Gasteiger partial charge in [-0.15, -0.1) is 0 Å². The van der Waals surface area contributed by atoms with E-state index in [2.05, 4.69) is 60.2 Å². The van der Waals surface area contributed by atoms with Crippen molar-refractivity contribution >= 4 is 17.5 Å². The molecule has 166 valence electrons. The van der Waals surface area contributed by atoms with E-state index < -0.39 is 0 Å². The summed E-state index contributed by atoms with van der Waals surface area (Å²) in [5.41, 5.74) is 2.62. The van der Waals surface area contributed by atoms with Crippen molar-refractivity contribution in [1.82, 2.24) is 15.1 Å². The number of hydrogen-bond donors (Lipinski definition) is 1. The molecule has 30 heavy (non-hydrogen) atoms. The van der Waals surface area contributed by atoms with Crippen molar-refractivity contribution in [3.8, 4) is 0 Å². The van der Waals surface area contributed by atoms with E-state index in [1.54, 1.807) is 0 Å². The molecule has 2 heterocycles. The van der Waals surface area contributed by atoms with Crippen LogP contribution in [0.5, 0.6) is 0 Å². The molecule has 1 aromatic carbocycles. The van der Waals surface area contributed by atoms with E-state index in [1.165, 1.54) is 11.3 Å². The lowest BCUT2D eigenvalue weighted by Gasteiger charge is -2.36. The smallest absolute Gasteiger partial charge is 0.225 e. The van der Waals surface area contributed by atoms with E-state index in [-0.39, 0.29) is 23.8 Å². The Morgan fingerprint density at radius 2 is 1.90 bits per heavy atom. The summed E-state index contributed by atoms with van der Waals surface area (Å²) in [7, 11) is 0. The fourth-order valence-electron chi connectivity index (χ4n) is 4.70. The largest absolute Gasteiger partial charge is 0.369 e. The highest BCUT2D eigenvalue weighted by atomic mass is 16.2. The fraction of sp³-hybridized carbons (Fsp3) is 0.667. The molecule has 2 amide bonds. The van der Waals surface area contributed by atoms with Gasteiger partial charge in [-0.2, -0.15) is 0 Å². The lowest BCUT2D eigenvalue weighted by atomic mass is 10.1. The molecule has 0 saturated carbocycles. The highest BCUT2D eigenvalue weighted by molar-refractivity contribution is 5.89. The van der Waals surface area contributed by atoms with Crippen LogP contribution in [0.15, 0.2) is 24.3 Å². The van der Waals surface area contributed by atoms with Crippen LogP contribution in [0.4, 0.5) is 5.69 Å². The molecule has 0 radical (unpaired) electrons. The van der Waals surface area contributed by atoms with Gasteiger partial charge in [0.25, 0.3) is 0 Å². The second-order valence-electron chi connectivity index (χ2n) is 8.73. The van der Waals surface area contributed by atoms with Gasteiger partial charge in [0.2, 0.25) is 11.8 Å². The Balaban J connectivity index is 1.33. The summed E-state index contributed by atoms with van der Waals surface area (Å²) in [5.74, 6) is -0.00706. The molecule has 0 aliphatic carbocycles. The molecule has 1 aromatic rings. The maximum atomic E-state index is 12.5. The Morgan fingerprint density at radius 1 is 1.17 bits per heavy atom. The van der Waals surface area contributed by atoms with E-state index in [1.807, 2.05) is 4.90 Å². The van der Waals surface area contributed by atoms with Crippen molar-refractivity contribution in [2.24, 2.45) is 5.92 Å². The number of carbonyl (C=O) groups is 2. The number of nitrogens with one attached hydrogen (secondary N) is 1. The standard InChI is InChI=1S/C24H38N4O2/c1-4-21(5-2)28-18-20(17-23(28)29)24(30)25-10-7-11-26-12-14-27(15-13-26)22-9-6-8-19(3)16-22/h6,8-9,16,20-21H,4-5,7,10-15,17-18H2,1-3H3,(H,25,30). The molecule has 2 fully saturated rings. The number of likely N-dealkylation sites (tertiary alicyclic amines) is 1. The monoisotopic (exact) mass is 414 g/mol. The molecule has 2 saturated heterocycles. The van der Waals surface area contributed by atoms with Gasteiger partial charge in [-0.05, 0) is 50.4 Å². The number of benzene rings is 1. The predicted octanol–water partition coefficient (Wildman–Crippen LogP) is 2.66. The number of hydrogen-bond acceptors (Lipinski definition) is 4. The Morgan fingerprint density at radius 3 is 2.57 bits per heavy atom. The summed E-state index contributed by atoms with van der Waals surface area (Å²) in [6, 6.07) is 8.98. The molecule has 2 aliphatic rings. The molecule has 2 aliphatic heterocycles. The quantitative estimate of drug-likeness (QED) is 0.631. The van der Waals surface area contributed by atoms with Gasteiger partial charge in [-0.3, -0.25) is 14.5 Å². The third kappa shape index (κ3) is 5.75. The van der Waals surface area contributed by atoms with E-state index in [4.69, 9.17) is 0 Å². The van der Waals surface area contributed by atoms with Crippen molar-refractivity contribution in [3.05, 3.63) is 29.8 Å². The summed E-state index contributed by atoms with van der Waals surface area (Å²) in [5, 5.41) is 3.07. The second kappa shape index (κ2) is 10.8. The maximum Gasteiger partial charge on any atom is 0.225 e. The van der Waals surface area contributed by atoms with Crippen molar-refractivity contribution in [2.75, 3.05) is 50.7 Å². The van der Waals surface area contributed by atoms with E-state index in [9.17, 15) is 9.59 Å². The molecule has 0 aromatic heterocycles. The van der Waals surface area contributed by atoms with Gasteiger partial charge in [0.05, 0.1) is 5.92 Å². The zero-order valence-electron chi connectivity index (χ0n) is 18.9. The van der Waals surface area contributed by atoms with Crippen LogP contribution < -0.4 is 10.2 Å². The Bertz CT molecular complexity index is 711. The van der Waals surface area contributed by atoms with Crippen molar-refractivity contribution in [1.29, 1.82) is 0 Å². The Kier molecular flexibility index (Phi) is 8.14. The van der Waals surface area contributed by atoms with Crippen LogP contribution in [-0.2, 0) is 9.59 Å². The summed E-state index contributed by atoms with van der Waals surface area (Å²) in [6.45, 7) is 12.8. The van der Waals surface area contributed by atoms with E-state index in [0.717, 1.165) is 52.0 Å². The zero-order chi connectivity index (χ0) is 21.5. The molecular formula is C24H38N4O2. The molecule has 0 spiro atoms. The van der Waals surface area contributed by atoms with Gasteiger partial charge in [0.15, 0.2) is 0 Å². The van der Waals surface area contributed by atoms with Gasteiger partial charge in [0.1, 0.15) is 0 Å². The minimum Gasteiger partial charge on any atom is -0.369 e. The van der Waals surface area contributed by atoms with Gasteiger partial charge in [0, 0.05) is 57.4 Å². The molecular weight excluding hydrogens is 376 g/mol. The molecule has 1 atom stereocenters. The van der Waals surface area contributed by atoms with E-state index >= 15 is 0 Å². The number of carbonyl (C=O) groups excluding carboxylic acids is 2. The highest BCUT2D eigenvalue weighted by Gasteiger charge is 2.36. The molecule has 0 bridgehead atoms. The maximum absolute atomic E-state index is 12.5. The topological polar surface area (TPSA) is 55.9 Å². The summed E-state index contributed by atoms with van der Waals surface area (Å²) < 4.78 is 0. The number of anilines is 1. The van der Waals surface area contributed by atoms with Crippen LogP contribution >= 0.6 is 0 Å². The van der Waals surface area contributed by atoms with Crippen LogP contribution in [-0.4, -0.2) is 73.5 Å². The predicted molar refractivity (Wildman–Crippen MR) is 122 cm³/mol. The van der Waals surface area contributed by atoms with Gasteiger partial charge in [-0.25, -0.2) is 0 Å². The number of aryl methyl sites for hydroxylation is 1. The van der Waals surface area contributed by atoms with Crippen molar-refractivity contribution in [3.63, 3.8) is 0 Å². The van der Waals surface area contributed by atoms with Crippen molar-refractivity contribution < 1.29 is 9.59 Å². The zero-order valence-corrected chi connectivity index (χ0v) is 18.9. The first kappa shape index (κ1) is 22.6. The first-order chi connectivity index (χ1) is 14.5. The van der Waals surface area contributed by atoms with Crippen LogP contribution in [0.2, 0.25) is 0 Å². The second-order valence-corrected chi connectivity index (χ2v) is 8.73. The van der Waals surface area contributed by atoms with Gasteiger partial charge >= 0.3 is 0 Å². The summed E-state index contributed by atoms with van der Waals surface area (Å²) in [6.07, 6.45) is 3.22. The van der Waals surface area contributed by atoms with Crippen LogP contribution in [0, 0.1) is 12.8 Å². The molecule has 1 unspecified atom stereocenters. The third-order valence-corrected chi connectivity index (χ3v) is 6.60. The number of rotatable bonds is 9. The molecule has 1 N–H and O–H groups in total. The fourth-order valence-corrected chi connectivity index (χ4v) is 4.70. The first-order valence-corrected chi connectivity index (χ1v) is 11.6. The number of piperazine rings is 1. The lowest BCUT2D eigenvalue weighted by molar-refractivity contribution is -0.130.